The highest BCUT2D eigenvalue weighted by molar-refractivity contribution is 5.71. The molecule has 0 aliphatic rings. The first-order valence-corrected chi connectivity index (χ1v) is 37.1. The fourth-order valence-electron chi connectivity index (χ4n) is 11.2. The lowest BCUT2D eigenvalue weighted by Crippen LogP contribution is -2.30. The Hall–Kier alpha value is -2.63. The van der Waals surface area contributed by atoms with Crippen LogP contribution in [0.3, 0.4) is 0 Å². The fraction of sp³-hybridized carbons (Fsp3) is 0.857. The van der Waals surface area contributed by atoms with Gasteiger partial charge in [-0.1, -0.05) is 358 Å². The van der Waals surface area contributed by atoms with Crippen molar-refractivity contribution in [2.45, 2.75) is 412 Å². The molecule has 6 nitrogen and oxygen atoms in total. The number of rotatable bonds is 69. The van der Waals surface area contributed by atoms with Gasteiger partial charge in [-0.2, -0.15) is 0 Å². The highest BCUT2D eigenvalue weighted by atomic mass is 16.6. The minimum Gasteiger partial charge on any atom is -0.462 e. The summed E-state index contributed by atoms with van der Waals surface area (Å²) < 4.78 is 17.0. The van der Waals surface area contributed by atoms with Crippen LogP contribution >= 0.6 is 0 Å². The number of carbonyl (C=O) groups excluding carboxylic acids is 3. The van der Waals surface area contributed by atoms with Crippen molar-refractivity contribution in [3.8, 4) is 0 Å². The topological polar surface area (TPSA) is 78.9 Å². The van der Waals surface area contributed by atoms with E-state index in [9.17, 15) is 14.4 Å². The van der Waals surface area contributed by atoms with Gasteiger partial charge in [-0.05, 0) is 77.0 Å². The Morgan fingerprint density at radius 1 is 0.241 bits per heavy atom. The van der Waals surface area contributed by atoms with Crippen molar-refractivity contribution >= 4 is 17.9 Å². The van der Waals surface area contributed by atoms with Gasteiger partial charge in [0.15, 0.2) is 6.10 Å². The summed E-state index contributed by atoms with van der Waals surface area (Å²) in [5.41, 5.74) is 0. The molecule has 0 aromatic heterocycles. The minimum atomic E-state index is -0.778. The van der Waals surface area contributed by atoms with Gasteiger partial charge in [0.05, 0.1) is 0 Å². The van der Waals surface area contributed by atoms with E-state index in [1.165, 1.54) is 276 Å². The molecule has 1 atom stereocenters. The lowest BCUT2D eigenvalue weighted by atomic mass is 10.0. The third-order valence-electron chi connectivity index (χ3n) is 16.8. The SMILES string of the molecule is CCC/C=C\C/C=C\CCCCCCCC(=O)OCC(COC(=O)CCCCCCCCCCCCCCCCC/C=C\C/C=C\CCCCCCC)OC(=O)CCCCCCCCCCCCCCCCCCCCCCCCCCC. The average molecular weight is 1160 g/mol. The second-order valence-electron chi connectivity index (χ2n) is 25.2. The van der Waals surface area contributed by atoms with Crippen LogP contribution in [-0.2, 0) is 28.6 Å². The maximum Gasteiger partial charge on any atom is 0.306 e. The molecule has 0 bridgehead atoms. The van der Waals surface area contributed by atoms with Crippen molar-refractivity contribution in [1.82, 2.24) is 0 Å². The Morgan fingerprint density at radius 3 is 0.711 bits per heavy atom. The van der Waals surface area contributed by atoms with Crippen LogP contribution in [0.25, 0.3) is 0 Å². The summed E-state index contributed by atoms with van der Waals surface area (Å²) in [4.78, 5) is 38.5. The number of hydrogen-bond donors (Lipinski definition) is 0. The molecule has 83 heavy (non-hydrogen) atoms. The summed E-state index contributed by atoms with van der Waals surface area (Å²) in [5, 5.41) is 0. The molecular weight excluding hydrogens is 1020 g/mol. The number of allylic oxidation sites excluding steroid dienone is 8. The van der Waals surface area contributed by atoms with Crippen molar-refractivity contribution in [3.63, 3.8) is 0 Å². The first-order chi connectivity index (χ1) is 41.0. The lowest BCUT2D eigenvalue weighted by molar-refractivity contribution is -0.167. The second kappa shape index (κ2) is 71.8. The van der Waals surface area contributed by atoms with E-state index in [0.29, 0.717) is 19.3 Å². The lowest BCUT2D eigenvalue weighted by Gasteiger charge is -2.18. The molecular formula is C77H142O6. The quantitative estimate of drug-likeness (QED) is 0.0261. The standard InChI is InChI=1S/C77H142O6/c1-4-7-10-13-16-19-22-25-27-29-31-33-35-37-38-40-41-43-45-47-49-52-55-58-61-64-67-70-76(79)82-73-74(72-81-75(78)69-66-63-60-57-54-51-24-21-18-15-12-9-6-3)83-77(80)71-68-65-62-59-56-53-50-48-46-44-42-39-36-34-32-30-28-26-23-20-17-14-11-8-5-2/h12,15,21-22,24-25,29,31,74H,4-11,13-14,16-20,23,26-28,30,32-73H2,1-3H3/b15-12-,24-21-,25-22-,31-29-. The van der Waals surface area contributed by atoms with E-state index in [2.05, 4.69) is 69.4 Å². The van der Waals surface area contributed by atoms with Gasteiger partial charge in [0, 0.05) is 19.3 Å². The molecule has 0 aliphatic carbocycles. The maximum absolute atomic E-state index is 13.0. The van der Waals surface area contributed by atoms with E-state index in [1.807, 2.05) is 0 Å². The van der Waals surface area contributed by atoms with Crippen LogP contribution in [0.15, 0.2) is 48.6 Å². The van der Waals surface area contributed by atoms with Gasteiger partial charge >= 0.3 is 17.9 Å². The summed E-state index contributed by atoms with van der Waals surface area (Å²) in [6.07, 6.45) is 91.6. The number of ether oxygens (including phenoxy) is 3. The van der Waals surface area contributed by atoms with Gasteiger partial charge in [-0.15, -0.1) is 0 Å². The van der Waals surface area contributed by atoms with Gasteiger partial charge in [-0.3, -0.25) is 14.4 Å². The van der Waals surface area contributed by atoms with E-state index in [0.717, 1.165) is 89.9 Å². The van der Waals surface area contributed by atoms with Crippen molar-refractivity contribution in [2.75, 3.05) is 13.2 Å². The smallest absolute Gasteiger partial charge is 0.306 e. The molecule has 6 heteroatoms. The van der Waals surface area contributed by atoms with Crippen molar-refractivity contribution in [2.24, 2.45) is 0 Å². The largest absolute Gasteiger partial charge is 0.462 e. The Labute approximate surface area is 518 Å². The number of esters is 3. The van der Waals surface area contributed by atoms with Crippen LogP contribution in [0.2, 0.25) is 0 Å². The van der Waals surface area contributed by atoms with Crippen LogP contribution in [0.1, 0.15) is 406 Å². The molecule has 0 N–H and O–H groups in total. The minimum absolute atomic E-state index is 0.0730. The van der Waals surface area contributed by atoms with Crippen LogP contribution in [0.4, 0.5) is 0 Å². The third kappa shape index (κ3) is 70.0. The van der Waals surface area contributed by atoms with E-state index in [1.54, 1.807) is 0 Å². The third-order valence-corrected chi connectivity index (χ3v) is 16.8. The van der Waals surface area contributed by atoms with Crippen molar-refractivity contribution in [3.05, 3.63) is 48.6 Å². The molecule has 486 valence electrons. The predicted molar refractivity (Wildman–Crippen MR) is 362 cm³/mol. The molecule has 0 aromatic carbocycles. The molecule has 0 aromatic rings. The highest BCUT2D eigenvalue weighted by Gasteiger charge is 2.19. The number of carbonyl (C=O) groups is 3. The average Bonchev–Trinajstić information content (AvgIpc) is 3.49. The summed E-state index contributed by atoms with van der Waals surface area (Å²) in [5.74, 6) is -0.859. The summed E-state index contributed by atoms with van der Waals surface area (Å²) in [7, 11) is 0. The number of unbranched alkanes of at least 4 members (excludes halogenated alkanes) is 50. The van der Waals surface area contributed by atoms with Crippen LogP contribution < -0.4 is 0 Å². The van der Waals surface area contributed by atoms with E-state index < -0.39 is 6.10 Å². The van der Waals surface area contributed by atoms with Crippen LogP contribution in [0.5, 0.6) is 0 Å². The Kier molecular flexibility index (Phi) is 69.6. The second-order valence-corrected chi connectivity index (χ2v) is 25.2. The molecule has 0 fully saturated rings. The van der Waals surface area contributed by atoms with Gasteiger partial charge in [0.25, 0.3) is 0 Å². The van der Waals surface area contributed by atoms with Gasteiger partial charge in [0.1, 0.15) is 13.2 Å². The van der Waals surface area contributed by atoms with Gasteiger partial charge < -0.3 is 14.2 Å². The fourth-order valence-corrected chi connectivity index (χ4v) is 11.2. The highest BCUT2D eigenvalue weighted by Crippen LogP contribution is 2.19. The van der Waals surface area contributed by atoms with Crippen molar-refractivity contribution < 1.29 is 28.6 Å². The normalized spacial score (nSPS) is 12.3. The summed E-state index contributed by atoms with van der Waals surface area (Å²) >= 11 is 0. The van der Waals surface area contributed by atoms with Crippen LogP contribution in [0, 0.1) is 0 Å². The Bertz CT molecular complexity index is 1430. The van der Waals surface area contributed by atoms with Gasteiger partial charge in [0.2, 0.25) is 0 Å². The Morgan fingerprint density at radius 2 is 0.458 bits per heavy atom. The first-order valence-electron chi connectivity index (χ1n) is 37.1. The first kappa shape index (κ1) is 80.4. The predicted octanol–water partition coefficient (Wildman–Crippen LogP) is 25.7. The molecule has 0 amide bonds. The van der Waals surface area contributed by atoms with E-state index in [4.69, 9.17) is 14.2 Å². The summed E-state index contributed by atoms with van der Waals surface area (Å²) in [6.45, 7) is 6.63. The van der Waals surface area contributed by atoms with E-state index >= 15 is 0 Å². The molecule has 1 unspecified atom stereocenters. The number of hydrogen-bond acceptors (Lipinski definition) is 6. The molecule has 0 aliphatic heterocycles. The maximum atomic E-state index is 13.0. The monoisotopic (exact) mass is 1160 g/mol. The molecule has 0 rings (SSSR count). The summed E-state index contributed by atoms with van der Waals surface area (Å²) in [6, 6.07) is 0. The zero-order chi connectivity index (χ0) is 59.9. The molecule has 0 heterocycles. The van der Waals surface area contributed by atoms with Gasteiger partial charge in [-0.25, -0.2) is 0 Å². The molecule has 0 radical (unpaired) electrons. The molecule has 0 saturated carbocycles. The zero-order valence-electron chi connectivity index (χ0n) is 56.0. The molecule has 0 saturated heterocycles. The Balaban J connectivity index is 4.20. The van der Waals surface area contributed by atoms with E-state index in [-0.39, 0.29) is 31.1 Å². The van der Waals surface area contributed by atoms with Crippen molar-refractivity contribution in [1.29, 1.82) is 0 Å². The van der Waals surface area contributed by atoms with Crippen LogP contribution in [-0.4, -0.2) is 37.2 Å². The molecule has 0 spiro atoms. The zero-order valence-corrected chi connectivity index (χ0v) is 56.0.